The fraction of sp³-hybridized carbons (Fsp3) is 0.167. The lowest BCUT2D eigenvalue weighted by Crippen LogP contribution is -2.36. The predicted octanol–water partition coefficient (Wildman–Crippen LogP) is 4.31. The fourth-order valence-corrected chi connectivity index (χ4v) is 3.28. The van der Waals surface area contributed by atoms with Crippen LogP contribution in [0.15, 0.2) is 60.7 Å². The second-order valence-electron chi connectivity index (χ2n) is 5.84. The molecule has 1 aromatic rings. The Bertz CT molecular complexity index is 818. The van der Waals surface area contributed by atoms with Crippen LogP contribution >= 0.6 is 0 Å². The minimum Gasteiger partial charge on any atom is -0.481 e. The Kier molecular flexibility index (Phi) is 2.42. The lowest BCUT2D eigenvalue weighted by Gasteiger charge is -2.29. The first-order chi connectivity index (χ1) is 10.5. The molecule has 1 fully saturated rings. The zero-order chi connectivity index (χ0) is 15.5. The van der Waals surface area contributed by atoms with Gasteiger partial charge in [0, 0.05) is 6.42 Å². The van der Waals surface area contributed by atoms with Gasteiger partial charge in [0.05, 0.1) is 11.0 Å². The summed E-state index contributed by atoms with van der Waals surface area (Å²) in [5.74, 6) is -1.75. The van der Waals surface area contributed by atoms with Crippen molar-refractivity contribution in [1.29, 1.82) is 0 Å². The van der Waals surface area contributed by atoms with E-state index in [0.717, 1.165) is 6.08 Å². The molecule has 0 bridgehead atoms. The molecule has 22 heavy (non-hydrogen) atoms. The van der Waals surface area contributed by atoms with E-state index in [1.54, 1.807) is 12.1 Å². The summed E-state index contributed by atoms with van der Waals surface area (Å²) in [5, 5.41) is 0. The maximum Gasteiger partial charge on any atom is 0.181 e. The Morgan fingerprint density at radius 3 is 2.82 bits per heavy atom. The normalized spacial score (nSPS) is 31.0. The van der Waals surface area contributed by atoms with Crippen LogP contribution in [0.25, 0.3) is 6.08 Å². The van der Waals surface area contributed by atoms with Crippen LogP contribution in [-0.2, 0) is 0 Å². The highest BCUT2D eigenvalue weighted by Crippen LogP contribution is 2.66. The molecule has 0 saturated heterocycles. The van der Waals surface area contributed by atoms with Crippen LogP contribution in [-0.4, -0.2) is 11.4 Å². The molecule has 1 heterocycles. The molecule has 0 aromatic heterocycles. The van der Waals surface area contributed by atoms with E-state index in [2.05, 4.69) is 6.58 Å². The number of carbonyl (C=O) groups excluding carboxylic acids is 1. The molecule has 2 unspecified atom stereocenters. The largest absolute Gasteiger partial charge is 0.481 e. The molecule has 1 saturated carbocycles. The number of allylic oxidation sites excluding steroid dienone is 4. The zero-order valence-electron chi connectivity index (χ0n) is 11.6. The third-order valence-electron chi connectivity index (χ3n) is 4.53. The third kappa shape index (κ3) is 1.55. The summed E-state index contributed by atoms with van der Waals surface area (Å²) in [4.78, 5) is 12.8. The summed E-state index contributed by atoms with van der Waals surface area (Å²) in [6.45, 7) is 2.91. The number of fused-ring (bicyclic) bond motifs is 1. The van der Waals surface area contributed by atoms with Gasteiger partial charge < -0.3 is 4.74 Å². The van der Waals surface area contributed by atoms with Crippen LogP contribution in [0.2, 0.25) is 0 Å². The Labute approximate surface area is 126 Å². The van der Waals surface area contributed by atoms with Gasteiger partial charge in [-0.1, -0.05) is 30.9 Å². The standard InChI is InChI=1S/C18H12F2O2/c1-11(19)14(20)9-12-4-5-15-13(8-12)16(21)17-6-2-3-7-18(17,10-17)22-15/h2-9H,1,10H2/b14-9+. The van der Waals surface area contributed by atoms with Crippen molar-refractivity contribution in [3.05, 3.63) is 71.9 Å². The van der Waals surface area contributed by atoms with E-state index in [4.69, 9.17) is 4.74 Å². The molecule has 2 nitrogen and oxygen atoms in total. The summed E-state index contributed by atoms with van der Waals surface area (Å²) in [6, 6.07) is 4.74. The smallest absolute Gasteiger partial charge is 0.181 e. The van der Waals surface area contributed by atoms with Crippen LogP contribution in [0.1, 0.15) is 22.3 Å². The van der Waals surface area contributed by atoms with Crippen molar-refractivity contribution >= 4 is 11.9 Å². The van der Waals surface area contributed by atoms with Crippen molar-refractivity contribution in [2.24, 2.45) is 5.41 Å². The van der Waals surface area contributed by atoms with E-state index in [-0.39, 0.29) is 5.78 Å². The molecule has 0 N–H and O–H groups in total. The molecular formula is C18H12F2O2. The lowest BCUT2D eigenvalue weighted by molar-refractivity contribution is 0.0807. The van der Waals surface area contributed by atoms with Gasteiger partial charge in [-0.15, -0.1) is 0 Å². The Balaban J connectivity index is 1.79. The average molecular weight is 298 g/mol. The highest BCUT2D eigenvalue weighted by atomic mass is 19.2. The minimum absolute atomic E-state index is 0.0379. The molecule has 110 valence electrons. The monoisotopic (exact) mass is 298 g/mol. The van der Waals surface area contributed by atoms with Crippen LogP contribution in [0, 0.1) is 5.41 Å². The van der Waals surface area contributed by atoms with Crippen molar-refractivity contribution in [2.45, 2.75) is 12.0 Å². The summed E-state index contributed by atoms with van der Waals surface area (Å²) in [7, 11) is 0. The molecule has 4 rings (SSSR count). The van der Waals surface area contributed by atoms with Gasteiger partial charge >= 0.3 is 0 Å². The maximum absolute atomic E-state index is 13.3. The van der Waals surface area contributed by atoms with Gasteiger partial charge in [0.25, 0.3) is 0 Å². The second kappa shape index (κ2) is 4.03. The van der Waals surface area contributed by atoms with E-state index < -0.39 is 22.7 Å². The van der Waals surface area contributed by atoms with Crippen LogP contribution < -0.4 is 4.74 Å². The molecule has 1 aromatic carbocycles. The van der Waals surface area contributed by atoms with E-state index >= 15 is 0 Å². The van der Waals surface area contributed by atoms with Gasteiger partial charge in [-0.05, 0) is 29.8 Å². The average Bonchev–Trinajstić information content (AvgIpc) is 3.18. The van der Waals surface area contributed by atoms with Crippen molar-refractivity contribution < 1.29 is 18.3 Å². The number of ether oxygens (including phenoxy) is 1. The third-order valence-corrected chi connectivity index (χ3v) is 4.53. The number of rotatable bonds is 2. The molecule has 4 heteroatoms. The maximum atomic E-state index is 13.3. The van der Waals surface area contributed by atoms with Gasteiger partial charge in [-0.3, -0.25) is 4.79 Å². The van der Waals surface area contributed by atoms with E-state index in [9.17, 15) is 13.6 Å². The number of Topliss-reactive ketones (excluding diaryl/α,β-unsaturated/α-hetero) is 1. The summed E-state index contributed by atoms with van der Waals surface area (Å²) in [5.41, 5.74) is -0.410. The van der Waals surface area contributed by atoms with E-state index in [1.807, 2.05) is 24.3 Å². The summed E-state index contributed by atoms with van der Waals surface area (Å²) >= 11 is 0. The summed E-state index contributed by atoms with van der Waals surface area (Å²) in [6.07, 6.45) is 9.12. The second-order valence-corrected chi connectivity index (χ2v) is 5.84. The Hall–Kier alpha value is -2.49. The summed E-state index contributed by atoms with van der Waals surface area (Å²) < 4.78 is 32.1. The Morgan fingerprint density at radius 2 is 2.05 bits per heavy atom. The first-order valence-corrected chi connectivity index (χ1v) is 6.94. The number of hydrogen-bond donors (Lipinski definition) is 0. The molecule has 3 aliphatic rings. The number of ketones is 1. The molecule has 1 aliphatic heterocycles. The number of benzene rings is 1. The lowest BCUT2D eigenvalue weighted by atomic mass is 9.85. The van der Waals surface area contributed by atoms with Gasteiger partial charge in [-0.25, -0.2) is 8.78 Å². The van der Waals surface area contributed by atoms with Gasteiger partial charge in [0.15, 0.2) is 17.4 Å². The molecular weight excluding hydrogens is 286 g/mol. The predicted molar refractivity (Wildman–Crippen MR) is 78.8 cm³/mol. The van der Waals surface area contributed by atoms with Crippen LogP contribution in [0.3, 0.4) is 0 Å². The molecule has 0 radical (unpaired) electrons. The molecule has 2 atom stereocenters. The Morgan fingerprint density at radius 1 is 1.27 bits per heavy atom. The highest BCUT2D eigenvalue weighted by Gasteiger charge is 2.74. The topological polar surface area (TPSA) is 26.3 Å². The SMILES string of the molecule is C=C(F)/C(F)=C\c1ccc2c(c1)C(=O)C13C=CC=CC1(C3)O2. The van der Waals surface area contributed by atoms with Gasteiger partial charge in [0.1, 0.15) is 11.4 Å². The van der Waals surface area contributed by atoms with Crippen LogP contribution in [0.4, 0.5) is 8.78 Å². The van der Waals surface area contributed by atoms with Gasteiger partial charge in [0.2, 0.25) is 0 Å². The van der Waals surface area contributed by atoms with Gasteiger partial charge in [-0.2, -0.15) is 0 Å². The number of carbonyl (C=O) groups is 1. The number of halogens is 2. The first-order valence-electron chi connectivity index (χ1n) is 6.94. The van der Waals surface area contributed by atoms with Crippen molar-refractivity contribution in [2.75, 3.05) is 0 Å². The molecule has 0 spiro atoms. The minimum atomic E-state index is -1.14. The zero-order valence-corrected chi connectivity index (χ0v) is 11.6. The fourth-order valence-electron chi connectivity index (χ4n) is 3.28. The molecule has 0 amide bonds. The quantitative estimate of drug-likeness (QED) is 0.760. The highest BCUT2D eigenvalue weighted by molar-refractivity contribution is 6.09. The molecule has 2 aliphatic carbocycles. The van der Waals surface area contributed by atoms with Crippen molar-refractivity contribution in [1.82, 2.24) is 0 Å². The van der Waals surface area contributed by atoms with E-state index in [0.29, 0.717) is 23.3 Å². The van der Waals surface area contributed by atoms with Crippen molar-refractivity contribution in [3.8, 4) is 5.75 Å². The first kappa shape index (κ1) is 13.2. The van der Waals surface area contributed by atoms with Crippen LogP contribution in [0.5, 0.6) is 5.75 Å². The number of hydrogen-bond acceptors (Lipinski definition) is 2. The van der Waals surface area contributed by atoms with E-state index in [1.165, 1.54) is 6.07 Å². The van der Waals surface area contributed by atoms with Crippen molar-refractivity contribution in [3.63, 3.8) is 0 Å².